The maximum Gasteiger partial charge on any atom is 0.0754 e. The third-order valence-electron chi connectivity index (χ3n) is 3.50. The molecule has 1 heterocycles. The van der Waals surface area contributed by atoms with Crippen LogP contribution in [0.5, 0.6) is 0 Å². The van der Waals surface area contributed by atoms with Gasteiger partial charge in [-0.3, -0.25) is 10.3 Å². The van der Waals surface area contributed by atoms with Gasteiger partial charge in [0.15, 0.2) is 0 Å². The van der Waals surface area contributed by atoms with Crippen LogP contribution in [0.15, 0.2) is 54.7 Å². The molecular formula is C17H22N2O. The molecule has 0 radical (unpaired) electrons. The van der Waals surface area contributed by atoms with Gasteiger partial charge in [0, 0.05) is 12.2 Å². The van der Waals surface area contributed by atoms with E-state index in [-0.39, 0.29) is 18.7 Å². The molecule has 0 aliphatic carbocycles. The van der Waals surface area contributed by atoms with E-state index in [9.17, 15) is 5.11 Å². The Morgan fingerprint density at radius 3 is 2.30 bits per heavy atom. The zero-order valence-electron chi connectivity index (χ0n) is 12.0. The summed E-state index contributed by atoms with van der Waals surface area (Å²) >= 11 is 0. The van der Waals surface area contributed by atoms with Crippen LogP contribution in [0.25, 0.3) is 0 Å². The summed E-state index contributed by atoms with van der Waals surface area (Å²) in [7, 11) is 0. The first-order valence-electron chi connectivity index (χ1n) is 7.05. The van der Waals surface area contributed by atoms with Crippen molar-refractivity contribution in [2.75, 3.05) is 6.61 Å². The van der Waals surface area contributed by atoms with Crippen molar-refractivity contribution in [1.29, 1.82) is 0 Å². The summed E-state index contributed by atoms with van der Waals surface area (Å²) in [4.78, 5) is 4.46. The van der Waals surface area contributed by atoms with Crippen LogP contribution < -0.4 is 5.32 Å². The summed E-state index contributed by atoms with van der Waals surface area (Å²) in [5.74, 6) is 0.356. The third-order valence-corrected chi connectivity index (χ3v) is 3.50. The molecular weight excluding hydrogens is 248 g/mol. The Kier molecular flexibility index (Phi) is 5.27. The molecule has 0 aliphatic heterocycles. The fraction of sp³-hybridized carbons (Fsp3) is 0.353. The number of hydrogen-bond acceptors (Lipinski definition) is 3. The van der Waals surface area contributed by atoms with Crippen LogP contribution in [0.4, 0.5) is 0 Å². The van der Waals surface area contributed by atoms with Gasteiger partial charge in [-0.15, -0.1) is 0 Å². The largest absolute Gasteiger partial charge is 0.395 e. The lowest BCUT2D eigenvalue weighted by molar-refractivity contribution is 0.203. The fourth-order valence-electron chi connectivity index (χ4n) is 2.21. The standard InChI is InChI=1S/C17H22N2O/c1-13(2)16(12-20)19-17(14-8-4-3-5-9-14)15-10-6-7-11-18-15/h3-11,13,16-17,19-20H,12H2,1-2H3/t16-,17?/m0/s1. The SMILES string of the molecule is CC(C)[C@H](CO)NC(c1ccccc1)c1ccccn1. The van der Waals surface area contributed by atoms with Crippen molar-refractivity contribution in [2.45, 2.75) is 25.9 Å². The monoisotopic (exact) mass is 270 g/mol. The van der Waals surface area contributed by atoms with Crippen LogP contribution in [-0.2, 0) is 0 Å². The Hall–Kier alpha value is -1.71. The summed E-state index contributed by atoms with van der Waals surface area (Å²) < 4.78 is 0. The topological polar surface area (TPSA) is 45.1 Å². The van der Waals surface area contributed by atoms with Crippen molar-refractivity contribution in [3.8, 4) is 0 Å². The number of aromatic nitrogens is 1. The van der Waals surface area contributed by atoms with Gasteiger partial charge in [-0.1, -0.05) is 50.2 Å². The van der Waals surface area contributed by atoms with Crippen molar-refractivity contribution >= 4 is 0 Å². The second-order valence-corrected chi connectivity index (χ2v) is 5.30. The maximum atomic E-state index is 9.56. The molecule has 20 heavy (non-hydrogen) atoms. The predicted octanol–water partition coefficient (Wildman–Crippen LogP) is 2.78. The average molecular weight is 270 g/mol. The van der Waals surface area contributed by atoms with Crippen LogP contribution in [0, 0.1) is 5.92 Å². The number of nitrogens with one attached hydrogen (secondary N) is 1. The second kappa shape index (κ2) is 7.17. The van der Waals surface area contributed by atoms with E-state index in [2.05, 4.69) is 36.3 Å². The molecule has 2 aromatic rings. The molecule has 0 saturated heterocycles. The lowest BCUT2D eigenvalue weighted by Gasteiger charge is -2.27. The summed E-state index contributed by atoms with van der Waals surface area (Å²) in [6.45, 7) is 4.33. The van der Waals surface area contributed by atoms with E-state index >= 15 is 0 Å². The van der Waals surface area contributed by atoms with Gasteiger partial charge >= 0.3 is 0 Å². The lowest BCUT2D eigenvalue weighted by Crippen LogP contribution is -2.40. The fourth-order valence-corrected chi connectivity index (χ4v) is 2.21. The molecule has 0 fully saturated rings. The van der Waals surface area contributed by atoms with Crippen LogP contribution in [0.1, 0.15) is 31.1 Å². The second-order valence-electron chi connectivity index (χ2n) is 5.30. The Morgan fingerprint density at radius 2 is 1.75 bits per heavy atom. The number of aliphatic hydroxyl groups excluding tert-OH is 1. The summed E-state index contributed by atoms with van der Waals surface area (Å²) in [5, 5.41) is 13.1. The molecule has 2 N–H and O–H groups in total. The average Bonchev–Trinajstić information content (AvgIpc) is 2.50. The smallest absolute Gasteiger partial charge is 0.0754 e. The lowest BCUT2D eigenvalue weighted by atomic mass is 9.98. The number of hydrogen-bond donors (Lipinski definition) is 2. The molecule has 0 aliphatic rings. The van der Waals surface area contributed by atoms with Gasteiger partial charge in [0.1, 0.15) is 0 Å². The van der Waals surface area contributed by atoms with Crippen molar-refractivity contribution < 1.29 is 5.11 Å². The van der Waals surface area contributed by atoms with Gasteiger partial charge < -0.3 is 5.11 Å². The first kappa shape index (κ1) is 14.7. The highest BCUT2D eigenvalue weighted by Crippen LogP contribution is 2.21. The van der Waals surface area contributed by atoms with Gasteiger partial charge in [0.05, 0.1) is 18.3 Å². The molecule has 0 bridgehead atoms. The Balaban J connectivity index is 2.30. The molecule has 1 aromatic heterocycles. The minimum absolute atomic E-state index is 0.00282. The Morgan fingerprint density at radius 1 is 1.05 bits per heavy atom. The molecule has 2 atom stereocenters. The minimum Gasteiger partial charge on any atom is -0.395 e. The number of rotatable bonds is 6. The van der Waals surface area contributed by atoms with Gasteiger partial charge in [-0.25, -0.2) is 0 Å². The number of aliphatic hydroxyl groups is 1. The van der Waals surface area contributed by atoms with Crippen LogP contribution in [0.2, 0.25) is 0 Å². The van der Waals surface area contributed by atoms with Crippen LogP contribution >= 0.6 is 0 Å². The van der Waals surface area contributed by atoms with Crippen LogP contribution in [-0.4, -0.2) is 22.7 Å². The van der Waals surface area contributed by atoms with E-state index in [1.54, 1.807) is 6.20 Å². The van der Waals surface area contributed by atoms with E-state index in [0.717, 1.165) is 11.3 Å². The zero-order chi connectivity index (χ0) is 14.4. The molecule has 0 saturated carbocycles. The molecule has 0 amide bonds. The normalized spacial score (nSPS) is 14.2. The number of pyridine rings is 1. The van der Waals surface area contributed by atoms with E-state index in [1.807, 2.05) is 36.4 Å². The van der Waals surface area contributed by atoms with Gasteiger partial charge in [-0.05, 0) is 23.6 Å². The zero-order valence-corrected chi connectivity index (χ0v) is 12.0. The highest BCUT2D eigenvalue weighted by molar-refractivity contribution is 5.27. The van der Waals surface area contributed by atoms with E-state index in [0.29, 0.717) is 5.92 Å². The van der Waals surface area contributed by atoms with E-state index < -0.39 is 0 Å². The molecule has 0 spiro atoms. The Bertz CT molecular complexity index is 459. The number of nitrogens with zero attached hydrogens (tertiary/aromatic N) is 1. The summed E-state index contributed by atoms with van der Waals surface area (Å²) in [6.07, 6.45) is 1.80. The van der Waals surface area contributed by atoms with Crippen LogP contribution in [0.3, 0.4) is 0 Å². The van der Waals surface area contributed by atoms with E-state index in [4.69, 9.17) is 0 Å². The quantitative estimate of drug-likeness (QED) is 0.848. The highest BCUT2D eigenvalue weighted by Gasteiger charge is 2.21. The maximum absolute atomic E-state index is 9.56. The minimum atomic E-state index is -0.00282. The van der Waals surface area contributed by atoms with Gasteiger partial charge in [-0.2, -0.15) is 0 Å². The van der Waals surface area contributed by atoms with Gasteiger partial charge in [0.2, 0.25) is 0 Å². The predicted molar refractivity (Wildman–Crippen MR) is 81.4 cm³/mol. The van der Waals surface area contributed by atoms with Crippen molar-refractivity contribution in [3.63, 3.8) is 0 Å². The Labute approximate surface area is 120 Å². The molecule has 2 rings (SSSR count). The van der Waals surface area contributed by atoms with Gasteiger partial charge in [0.25, 0.3) is 0 Å². The van der Waals surface area contributed by atoms with Crippen molar-refractivity contribution in [2.24, 2.45) is 5.92 Å². The van der Waals surface area contributed by atoms with E-state index in [1.165, 1.54) is 0 Å². The number of benzene rings is 1. The molecule has 1 unspecified atom stereocenters. The molecule has 106 valence electrons. The highest BCUT2D eigenvalue weighted by atomic mass is 16.3. The molecule has 3 heteroatoms. The third kappa shape index (κ3) is 3.65. The first-order valence-corrected chi connectivity index (χ1v) is 7.05. The summed E-state index contributed by atoms with van der Waals surface area (Å²) in [5.41, 5.74) is 2.13. The van der Waals surface area contributed by atoms with Crippen molar-refractivity contribution in [1.82, 2.24) is 10.3 Å². The summed E-state index contributed by atoms with van der Waals surface area (Å²) in [6, 6.07) is 16.2. The first-order chi connectivity index (χ1) is 9.72. The molecule has 1 aromatic carbocycles. The van der Waals surface area contributed by atoms with Crippen molar-refractivity contribution in [3.05, 3.63) is 66.0 Å². The molecule has 3 nitrogen and oxygen atoms in total.